The maximum Gasteiger partial charge on any atom is 0.271 e. The van der Waals surface area contributed by atoms with Crippen molar-refractivity contribution in [1.29, 1.82) is 0 Å². The Hall–Kier alpha value is -2.11. The first-order valence-corrected chi connectivity index (χ1v) is 6.64. The lowest BCUT2D eigenvalue weighted by atomic mass is 9.86. The zero-order valence-electron chi connectivity index (χ0n) is 10.7. The van der Waals surface area contributed by atoms with Crippen molar-refractivity contribution in [3.63, 3.8) is 0 Å². The first kappa shape index (κ1) is 12.0. The van der Waals surface area contributed by atoms with Crippen LogP contribution in [0.25, 0.3) is 5.69 Å². The first-order valence-electron chi connectivity index (χ1n) is 6.64. The largest absolute Gasteiger partial charge is 0.336 e. The quantitative estimate of drug-likeness (QED) is 0.822. The molecule has 0 unspecified atom stereocenters. The molecule has 0 radical (unpaired) electrons. The number of nitrogen functional groups attached to an aromatic ring is 1. The molecule has 0 atom stereocenters. The summed E-state index contributed by atoms with van der Waals surface area (Å²) in [6.07, 6.45) is 9.18. The molecule has 1 aliphatic rings. The highest BCUT2D eigenvalue weighted by Gasteiger charge is 2.19. The molecule has 0 aromatic carbocycles. The summed E-state index contributed by atoms with van der Waals surface area (Å²) in [4.78, 5) is 12.0. The fourth-order valence-electron chi connectivity index (χ4n) is 2.78. The maximum atomic E-state index is 12.0. The summed E-state index contributed by atoms with van der Waals surface area (Å²) >= 11 is 0. The molecule has 1 fully saturated rings. The minimum atomic E-state index is -0.200. The van der Waals surface area contributed by atoms with Crippen molar-refractivity contribution in [2.45, 2.75) is 38.0 Å². The Morgan fingerprint density at radius 3 is 2.68 bits per heavy atom. The number of nitrogens with zero attached hydrogens (tertiary/aromatic N) is 4. The molecule has 1 saturated carbocycles. The highest BCUT2D eigenvalue weighted by molar-refractivity contribution is 5.33. The Balaban J connectivity index is 2.05. The van der Waals surface area contributed by atoms with E-state index >= 15 is 0 Å². The Bertz CT molecular complexity index is 610. The zero-order valence-corrected chi connectivity index (χ0v) is 10.7. The van der Waals surface area contributed by atoms with Gasteiger partial charge in [0, 0.05) is 17.7 Å². The van der Waals surface area contributed by atoms with Crippen LogP contribution < -0.4 is 11.4 Å². The van der Waals surface area contributed by atoms with Crippen LogP contribution in [0.2, 0.25) is 0 Å². The topological polar surface area (TPSA) is 78.7 Å². The second-order valence-electron chi connectivity index (χ2n) is 5.03. The summed E-state index contributed by atoms with van der Waals surface area (Å²) in [7, 11) is 0. The van der Waals surface area contributed by atoms with Gasteiger partial charge < -0.3 is 5.84 Å². The highest BCUT2D eigenvalue weighted by Crippen LogP contribution is 2.32. The van der Waals surface area contributed by atoms with Gasteiger partial charge >= 0.3 is 0 Å². The molecule has 3 rings (SSSR count). The van der Waals surface area contributed by atoms with E-state index < -0.39 is 0 Å². The van der Waals surface area contributed by atoms with Gasteiger partial charge in [0.25, 0.3) is 5.56 Å². The van der Waals surface area contributed by atoms with E-state index in [9.17, 15) is 4.79 Å². The van der Waals surface area contributed by atoms with Crippen LogP contribution in [-0.2, 0) is 0 Å². The number of hydrogen-bond acceptors (Lipinski definition) is 4. The van der Waals surface area contributed by atoms with Crippen molar-refractivity contribution in [2.24, 2.45) is 0 Å². The molecular weight excluding hydrogens is 242 g/mol. The number of pyridine rings is 1. The molecule has 2 aromatic rings. The minimum Gasteiger partial charge on any atom is -0.336 e. The average Bonchev–Trinajstić information content (AvgIpc) is 2.97. The standard InChI is InChI=1S/C13H17N5O/c14-18-12(10-4-2-1-3-5-10)8-11(9-13(18)19)17-7-6-15-16-17/h6-10H,1-5,14H2. The lowest BCUT2D eigenvalue weighted by molar-refractivity contribution is 0.428. The van der Waals surface area contributed by atoms with Gasteiger partial charge in [-0.2, -0.15) is 0 Å². The van der Waals surface area contributed by atoms with Crippen LogP contribution in [0.3, 0.4) is 0 Å². The SMILES string of the molecule is Nn1c(C2CCCCC2)cc(-n2ccnn2)cc1=O. The molecule has 2 aromatic heterocycles. The van der Waals surface area contributed by atoms with Crippen LogP contribution in [0, 0.1) is 0 Å². The zero-order chi connectivity index (χ0) is 13.2. The third kappa shape index (κ3) is 2.25. The summed E-state index contributed by atoms with van der Waals surface area (Å²) < 4.78 is 2.87. The highest BCUT2D eigenvalue weighted by atomic mass is 16.1. The Labute approximate surface area is 110 Å². The molecule has 19 heavy (non-hydrogen) atoms. The van der Waals surface area contributed by atoms with E-state index in [1.807, 2.05) is 6.07 Å². The van der Waals surface area contributed by atoms with E-state index in [4.69, 9.17) is 5.84 Å². The number of rotatable bonds is 2. The van der Waals surface area contributed by atoms with Gasteiger partial charge in [-0.1, -0.05) is 24.5 Å². The molecular formula is C13H17N5O. The van der Waals surface area contributed by atoms with E-state index in [0.717, 1.165) is 24.2 Å². The van der Waals surface area contributed by atoms with Gasteiger partial charge in [-0.3, -0.25) is 4.79 Å². The van der Waals surface area contributed by atoms with Gasteiger partial charge in [0.05, 0.1) is 18.1 Å². The van der Waals surface area contributed by atoms with Gasteiger partial charge in [0.1, 0.15) is 0 Å². The van der Waals surface area contributed by atoms with Crippen LogP contribution in [-0.4, -0.2) is 19.7 Å². The number of aromatic nitrogens is 4. The monoisotopic (exact) mass is 259 g/mol. The molecule has 0 bridgehead atoms. The van der Waals surface area contributed by atoms with Gasteiger partial charge in [0.15, 0.2) is 0 Å². The number of hydrogen-bond donors (Lipinski definition) is 1. The molecule has 0 amide bonds. The predicted octanol–water partition coefficient (Wildman–Crippen LogP) is 1.19. The summed E-state index contributed by atoms with van der Waals surface area (Å²) in [6, 6.07) is 3.44. The van der Waals surface area contributed by atoms with E-state index in [2.05, 4.69) is 10.3 Å². The average molecular weight is 259 g/mol. The van der Waals surface area contributed by atoms with Crippen molar-refractivity contribution in [3.05, 3.63) is 40.6 Å². The fourth-order valence-corrected chi connectivity index (χ4v) is 2.78. The molecule has 6 nitrogen and oxygen atoms in total. The van der Waals surface area contributed by atoms with Crippen molar-refractivity contribution in [1.82, 2.24) is 19.7 Å². The third-order valence-electron chi connectivity index (χ3n) is 3.79. The molecule has 2 heterocycles. The predicted molar refractivity (Wildman–Crippen MR) is 71.6 cm³/mol. The van der Waals surface area contributed by atoms with Crippen LogP contribution in [0.4, 0.5) is 0 Å². The van der Waals surface area contributed by atoms with Crippen molar-refractivity contribution in [3.8, 4) is 5.69 Å². The fraction of sp³-hybridized carbons (Fsp3) is 0.462. The van der Waals surface area contributed by atoms with E-state index in [-0.39, 0.29) is 5.56 Å². The smallest absolute Gasteiger partial charge is 0.271 e. The summed E-state index contributed by atoms with van der Waals surface area (Å²) in [5.74, 6) is 6.26. The van der Waals surface area contributed by atoms with Crippen LogP contribution in [0.15, 0.2) is 29.3 Å². The summed E-state index contributed by atoms with van der Waals surface area (Å²) in [5, 5.41) is 7.69. The van der Waals surface area contributed by atoms with Gasteiger partial charge in [-0.25, -0.2) is 9.36 Å². The minimum absolute atomic E-state index is 0.200. The normalized spacial score (nSPS) is 16.6. The van der Waals surface area contributed by atoms with Crippen molar-refractivity contribution >= 4 is 0 Å². The van der Waals surface area contributed by atoms with Crippen LogP contribution in [0.1, 0.15) is 43.7 Å². The van der Waals surface area contributed by atoms with Gasteiger partial charge in [-0.15, -0.1) is 5.10 Å². The second kappa shape index (κ2) is 4.87. The third-order valence-corrected chi connectivity index (χ3v) is 3.79. The number of nitrogens with two attached hydrogens (primary N) is 1. The Kier molecular flexibility index (Phi) is 3.06. The van der Waals surface area contributed by atoms with Gasteiger partial charge in [0.2, 0.25) is 0 Å². The molecule has 2 N–H and O–H groups in total. The summed E-state index contributed by atoms with van der Waals surface area (Å²) in [6.45, 7) is 0. The molecule has 0 aliphatic heterocycles. The maximum absolute atomic E-state index is 12.0. The molecule has 1 aliphatic carbocycles. The Morgan fingerprint density at radius 1 is 1.21 bits per heavy atom. The molecule has 0 spiro atoms. The lowest BCUT2D eigenvalue weighted by Gasteiger charge is -2.23. The van der Waals surface area contributed by atoms with E-state index in [0.29, 0.717) is 5.92 Å². The second-order valence-corrected chi connectivity index (χ2v) is 5.03. The summed E-state index contributed by atoms with van der Waals surface area (Å²) in [5.41, 5.74) is 1.43. The first-order chi connectivity index (χ1) is 9.25. The van der Waals surface area contributed by atoms with Crippen molar-refractivity contribution < 1.29 is 0 Å². The van der Waals surface area contributed by atoms with Crippen molar-refractivity contribution in [2.75, 3.05) is 5.84 Å². The van der Waals surface area contributed by atoms with Crippen LogP contribution in [0.5, 0.6) is 0 Å². The molecule has 100 valence electrons. The Morgan fingerprint density at radius 2 is 2.00 bits per heavy atom. The van der Waals surface area contributed by atoms with Crippen LogP contribution >= 0.6 is 0 Å². The van der Waals surface area contributed by atoms with E-state index in [1.165, 1.54) is 30.0 Å². The van der Waals surface area contributed by atoms with E-state index in [1.54, 1.807) is 17.1 Å². The molecule has 6 heteroatoms. The molecule has 0 saturated heterocycles. The van der Waals surface area contributed by atoms with Gasteiger partial charge in [-0.05, 0) is 18.9 Å². The lowest BCUT2D eigenvalue weighted by Crippen LogP contribution is -2.32.